The first-order chi connectivity index (χ1) is 15.2. The second-order valence-corrected chi connectivity index (χ2v) is 9.77. The Balaban J connectivity index is 1.29. The van der Waals surface area contributed by atoms with Crippen LogP contribution in [-0.2, 0) is 22.5 Å². The fraction of sp³-hybridized carbons (Fsp3) is 0.696. The van der Waals surface area contributed by atoms with Gasteiger partial charge >= 0.3 is 0 Å². The van der Waals surface area contributed by atoms with Gasteiger partial charge in [-0.05, 0) is 44.6 Å². The molecule has 31 heavy (non-hydrogen) atoms. The van der Waals surface area contributed by atoms with E-state index in [1.807, 2.05) is 4.90 Å². The van der Waals surface area contributed by atoms with E-state index in [1.54, 1.807) is 4.52 Å². The molecule has 0 spiro atoms. The molecule has 1 amide bonds. The van der Waals surface area contributed by atoms with Crippen molar-refractivity contribution in [1.29, 1.82) is 0 Å². The van der Waals surface area contributed by atoms with Crippen LogP contribution in [0.15, 0.2) is 10.9 Å². The summed E-state index contributed by atoms with van der Waals surface area (Å²) < 4.78 is 7.19. The number of H-pyrrole nitrogens is 1. The molecule has 166 valence electrons. The number of aromatic nitrogens is 3. The average molecular weight is 426 g/mol. The van der Waals surface area contributed by atoms with Gasteiger partial charge in [0.1, 0.15) is 0 Å². The number of carbonyl (C=O) groups excluding carboxylic acids is 1. The summed E-state index contributed by atoms with van der Waals surface area (Å²) in [7, 11) is 0. The van der Waals surface area contributed by atoms with Crippen LogP contribution in [-0.4, -0.2) is 63.2 Å². The van der Waals surface area contributed by atoms with Crippen LogP contribution in [0, 0.1) is 11.8 Å². The smallest absolute Gasteiger partial charge is 0.277 e. The Morgan fingerprint density at radius 2 is 2.10 bits per heavy atom. The van der Waals surface area contributed by atoms with Crippen LogP contribution in [0.1, 0.15) is 61.5 Å². The number of ether oxygens (including phenoxy) is 1. The van der Waals surface area contributed by atoms with Crippen LogP contribution >= 0.6 is 0 Å². The molecule has 1 aliphatic carbocycles. The van der Waals surface area contributed by atoms with E-state index >= 15 is 0 Å². The molecular formula is C23H31N5O3. The molecular weight excluding hydrogens is 394 g/mol. The molecule has 4 aliphatic rings. The summed E-state index contributed by atoms with van der Waals surface area (Å²) in [5.41, 5.74) is 3.27. The second-order valence-electron chi connectivity index (χ2n) is 9.77. The number of hydrogen-bond donors (Lipinski definition) is 1. The topological polar surface area (TPSA) is 82.9 Å². The summed E-state index contributed by atoms with van der Waals surface area (Å²) in [6, 6.07) is 2.36. The van der Waals surface area contributed by atoms with Crippen molar-refractivity contribution in [3.05, 3.63) is 33.4 Å². The van der Waals surface area contributed by atoms with E-state index in [0.29, 0.717) is 42.7 Å². The van der Waals surface area contributed by atoms with Gasteiger partial charge in [-0.15, -0.1) is 0 Å². The van der Waals surface area contributed by atoms with Crippen molar-refractivity contribution in [2.24, 2.45) is 11.8 Å². The highest BCUT2D eigenvalue weighted by molar-refractivity contribution is 5.81. The number of amides is 1. The summed E-state index contributed by atoms with van der Waals surface area (Å²) in [6.07, 6.45) is 7.30. The van der Waals surface area contributed by atoms with Crippen LogP contribution in [0.5, 0.6) is 0 Å². The maximum atomic E-state index is 13.3. The largest absolute Gasteiger partial charge is 0.381 e. The molecule has 0 bridgehead atoms. The van der Waals surface area contributed by atoms with E-state index < -0.39 is 0 Å². The molecule has 2 aromatic heterocycles. The average Bonchev–Trinajstić information content (AvgIpc) is 3.35. The maximum absolute atomic E-state index is 13.3. The Morgan fingerprint density at radius 1 is 1.19 bits per heavy atom. The third-order valence-corrected chi connectivity index (χ3v) is 7.51. The lowest BCUT2D eigenvalue weighted by Crippen LogP contribution is -2.41. The van der Waals surface area contributed by atoms with E-state index in [2.05, 4.69) is 16.1 Å². The summed E-state index contributed by atoms with van der Waals surface area (Å²) in [6.45, 7) is 4.94. The van der Waals surface area contributed by atoms with Gasteiger partial charge in [0.05, 0.1) is 36.1 Å². The van der Waals surface area contributed by atoms with Crippen LogP contribution in [0.2, 0.25) is 0 Å². The van der Waals surface area contributed by atoms with Crippen molar-refractivity contribution < 1.29 is 9.53 Å². The fourth-order valence-corrected chi connectivity index (χ4v) is 5.57. The van der Waals surface area contributed by atoms with Gasteiger partial charge in [-0.25, -0.2) is 9.50 Å². The molecule has 2 saturated heterocycles. The number of likely N-dealkylation sites (tertiary alicyclic amines) is 1. The normalized spacial score (nSPS) is 27.0. The minimum atomic E-state index is -0.0499. The predicted octanol–water partition coefficient (Wildman–Crippen LogP) is 1.88. The van der Waals surface area contributed by atoms with Gasteiger partial charge in [-0.1, -0.05) is 6.42 Å². The Bertz CT molecular complexity index is 1050. The number of rotatable bonds is 4. The summed E-state index contributed by atoms with van der Waals surface area (Å²) in [5, 5.41) is 3.38. The Hall–Kier alpha value is -2.19. The molecule has 0 radical (unpaired) electrons. The molecule has 3 fully saturated rings. The number of nitrogens with zero attached hydrogens (tertiary/aromatic N) is 4. The van der Waals surface area contributed by atoms with Crippen molar-refractivity contribution in [2.45, 2.75) is 57.5 Å². The van der Waals surface area contributed by atoms with Gasteiger partial charge in [0, 0.05) is 38.1 Å². The summed E-state index contributed by atoms with van der Waals surface area (Å²) in [5.74, 6) is 0.991. The van der Waals surface area contributed by atoms with E-state index in [1.165, 1.54) is 12.8 Å². The predicted molar refractivity (Wildman–Crippen MR) is 115 cm³/mol. The lowest BCUT2D eigenvalue weighted by molar-refractivity contribution is -0.133. The van der Waals surface area contributed by atoms with E-state index in [9.17, 15) is 9.59 Å². The number of nitrogens with one attached hydrogen (secondary N) is 1. The van der Waals surface area contributed by atoms with Gasteiger partial charge < -0.3 is 9.64 Å². The van der Waals surface area contributed by atoms with Gasteiger partial charge in [0.25, 0.3) is 5.56 Å². The number of piperidine rings is 1. The van der Waals surface area contributed by atoms with Crippen molar-refractivity contribution in [1.82, 2.24) is 24.4 Å². The minimum absolute atomic E-state index is 0.0499. The molecule has 0 aromatic carbocycles. The van der Waals surface area contributed by atoms with Crippen LogP contribution in [0.25, 0.3) is 5.65 Å². The monoisotopic (exact) mass is 425 g/mol. The summed E-state index contributed by atoms with van der Waals surface area (Å²) >= 11 is 0. The van der Waals surface area contributed by atoms with Crippen molar-refractivity contribution in [3.8, 4) is 0 Å². The molecule has 1 saturated carbocycles. The third kappa shape index (κ3) is 3.59. The van der Waals surface area contributed by atoms with Gasteiger partial charge in [-0.2, -0.15) is 0 Å². The van der Waals surface area contributed by atoms with Crippen molar-refractivity contribution in [2.75, 3.05) is 32.8 Å². The summed E-state index contributed by atoms with van der Waals surface area (Å²) in [4.78, 5) is 35.1. The first-order valence-corrected chi connectivity index (χ1v) is 11.9. The van der Waals surface area contributed by atoms with E-state index in [0.717, 1.165) is 63.4 Å². The number of fused-ring (bicyclic) bond motifs is 2. The lowest BCUT2D eigenvalue weighted by Gasteiger charge is -2.36. The van der Waals surface area contributed by atoms with Gasteiger partial charge in [0.15, 0.2) is 5.65 Å². The number of hydrogen-bond acceptors (Lipinski definition) is 5. The zero-order chi connectivity index (χ0) is 20.9. The molecule has 8 nitrogen and oxygen atoms in total. The van der Waals surface area contributed by atoms with Gasteiger partial charge in [-0.3, -0.25) is 19.6 Å². The highest BCUT2D eigenvalue weighted by Gasteiger charge is 2.36. The quantitative estimate of drug-likeness (QED) is 0.809. The van der Waals surface area contributed by atoms with E-state index in [4.69, 9.17) is 9.72 Å². The molecule has 2 atom stereocenters. The Kier molecular flexibility index (Phi) is 4.87. The van der Waals surface area contributed by atoms with Gasteiger partial charge in [0.2, 0.25) is 5.91 Å². The van der Waals surface area contributed by atoms with Crippen molar-refractivity contribution >= 4 is 11.6 Å². The highest BCUT2D eigenvalue weighted by atomic mass is 16.5. The maximum Gasteiger partial charge on any atom is 0.277 e. The molecule has 5 heterocycles. The first kappa shape index (κ1) is 19.5. The molecule has 8 heteroatoms. The molecule has 3 aliphatic heterocycles. The third-order valence-electron chi connectivity index (χ3n) is 7.51. The molecule has 2 aromatic rings. The SMILES string of the molecule is O=C(C1CC1)N1CCc2nc3cc([C@H]4CCCCN4C[C@@H]4CCOC4)[nH]n3c(=O)c2C1. The minimum Gasteiger partial charge on any atom is -0.381 e. The Morgan fingerprint density at radius 3 is 2.90 bits per heavy atom. The highest BCUT2D eigenvalue weighted by Crippen LogP contribution is 2.33. The van der Waals surface area contributed by atoms with Crippen LogP contribution < -0.4 is 5.56 Å². The van der Waals surface area contributed by atoms with Crippen LogP contribution in [0.4, 0.5) is 0 Å². The first-order valence-electron chi connectivity index (χ1n) is 11.9. The zero-order valence-corrected chi connectivity index (χ0v) is 18.0. The molecule has 6 rings (SSSR count). The number of carbonyl (C=O) groups is 1. The lowest BCUT2D eigenvalue weighted by atomic mass is 9.97. The van der Waals surface area contributed by atoms with E-state index in [-0.39, 0.29) is 17.4 Å². The fourth-order valence-electron chi connectivity index (χ4n) is 5.57. The van der Waals surface area contributed by atoms with Crippen molar-refractivity contribution in [3.63, 3.8) is 0 Å². The molecule has 0 unspecified atom stereocenters. The van der Waals surface area contributed by atoms with Crippen LogP contribution in [0.3, 0.4) is 0 Å². The number of aromatic amines is 1. The Labute approximate surface area is 181 Å². The standard InChI is InChI=1S/C23H31N5O3/c29-22(16-4-5-16)27-9-6-18-17(13-27)23(30)28-21(24-18)11-19(25-28)20-3-1-2-8-26(20)12-15-7-10-31-14-15/h11,15-16,20,25H,1-10,12-14H2/t15-,20+/m0/s1. The molecule has 1 N–H and O–H groups in total. The second kappa shape index (κ2) is 7.74. The zero-order valence-electron chi connectivity index (χ0n) is 18.0.